The van der Waals surface area contributed by atoms with Gasteiger partial charge in [-0.1, -0.05) is 63.1 Å². The summed E-state index contributed by atoms with van der Waals surface area (Å²) in [6, 6.07) is 24.2. The Morgan fingerprint density at radius 1 is 0.914 bits per heavy atom. The summed E-state index contributed by atoms with van der Waals surface area (Å²) in [5.74, 6) is 0. The summed E-state index contributed by atoms with van der Waals surface area (Å²) in [4.78, 5) is 10.5. The number of hydrogen-bond donors (Lipinski definition) is 2. The predicted octanol–water partition coefficient (Wildman–Crippen LogP) is 5.20. The average Bonchev–Trinajstić information content (AvgIpc) is 2.91. The van der Waals surface area contributed by atoms with Crippen molar-refractivity contribution in [2.75, 3.05) is 36.4 Å². The first-order chi connectivity index (χ1) is 17.3. The van der Waals surface area contributed by atoms with Gasteiger partial charge in [0.1, 0.15) is 0 Å². The molecule has 5 rings (SSSR count). The first-order valence-electron chi connectivity index (χ1n) is 13.9. The molecule has 1 saturated heterocycles. The lowest BCUT2D eigenvalue weighted by Gasteiger charge is -2.56. The van der Waals surface area contributed by atoms with Crippen molar-refractivity contribution in [1.29, 1.82) is 0 Å². The summed E-state index contributed by atoms with van der Waals surface area (Å²) in [5, 5.41) is 7.99. The van der Waals surface area contributed by atoms with E-state index >= 15 is 0 Å². The van der Waals surface area contributed by atoms with Gasteiger partial charge in [-0.3, -0.25) is 4.99 Å². The number of para-hydroxylation sites is 2. The number of hydrogen-bond acceptors (Lipinski definition) is 5. The van der Waals surface area contributed by atoms with Crippen molar-refractivity contribution in [2.24, 2.45) is 4.99 Å². The zero-order valence-corrected chi connectivity index (χ0v) is 21.6. The summed E-state index contributed by atoms with van der Waals surface area (Å²) in [5.41, 5.74) is 3.93. The number of piperazine rings is 1. The molecule has 0 radical (unpaired) electrons. The molecule has 2 aromatic rings. The highest BCUT2D eigenvalue weighted by Crippen LogP contribution is 2.38. The predicted molar refractivity (Wildman–Crippen MR) is 149 cm³/mol. The smallest absolute Gasteiger partial charge is 0.0658 e. The van der Waals surface area contributed by atoms with Gasteiger partial charge in [-0.05, 0) is 56.6 Å². The minimum absolute atomic E-state index is 0.278. The summed E-state index contributed by atoms with van der Waals surface area (Å²) in [6.07, 6.45) is 7.37. The second kappa shape index (κ2) is 11.6. The van der Waals surface area contributed by atoms with Crippen LogP contribution >= 0.6 is 0 Å². The number of rotatable bonds is 8. The summed E-state index contributed by atoms with van der Waals surface area (Å²) in [6.45, 7) is 8.58. The second-order valence-electron chi connectivity index (χ2n) is 10.4. The highest BCUT2D eigenvalue weighted by molar-refractivity contribution is 5.94. The normalized spacial score (nSPS) is 29.6. The zero-order valence-electron chi connectivity index (χ0n) is 21.6. The molecule has 0 bridgehead atoms. The maximum Gasteiger partial charge on any atom is 0.0658 e. The van der Waals surface area contributed by atoms with Gasteiger partial charge >= 0.3 is 0 Å². The Hall–Kier alpha value is -2.37. The maximum absolute atomic E-state index is 5.28. The lowest BCUT2D eigenvalue weighted by Crippen LogP contribution is -2.71. The fourth-order valence-electron chi connectivity index (χ4n) is 6.59. The molecule has 1 aliphatic heterocycles. The molecular weight excluding hydrogens is 430 g/mol. The van der Waals surface area contributed by atoms with E-state index in [-0.39, 0.29) is 6.04 Å². The van der Waals surface area contributed by atoms with E-state index in [0.29, 0.717) is 24.2 Å². The lowest BCUT2D eigenvalue weighted by atomic mass is 9.76. The maximum atomic E-state index is 5.28. The Morgan fingerprint density at radius 3 is 2.37 bits per heavy atom. The van der Waals surface area contributed by atoms with Crippen molar-refractivity contribution in [1.82, 2.24) is 10.2 Å². The van der Waals surface area contributed by atoms with E-state index in [4.69, 9.17) is 4.99 Å². The van der Waals surface area contributed by atoms with E-state index < -0.39 is 0 Å². The van der Waals surface area contributed by atoms with Gasteiger partial charge in [0.05, 0.1) is 18.6 Å². The number of aliphatic imine (C=N–C) groups is 1. The number of likely N-dealkylation sites (N-methyl/N-ethyl adjacent to an activating group) is 1. The third-order valence-corrected chi connectivity index (χ3v) is 8.44. The molecule has 5 heteroatoms. The van der Waals surface area contributed by atoms with Crippen LogP contribution in [0.1, 0.15) is 52.4 Å². The van der Waals surface area contributed by atoms with Crippen molar-refractivity contribution in [3.8, 4) is 0 Å². The molecule has 5 unspecified atom stereocenters. The van der Waals surface area contributed by atoms with Gasteiger partial charge in [-0.25, -0.2) is 0 Å². The van der Waals surface area contributed by atoms with E-state index in [0.717, 1.165) is 39.0 Å². The van der Waals surface area contributed by atoms with E-state index in [2.05, 4.69) is 94.9 Å². The molecule has 0 spiro atoms. The Labute approximate surface area is 212 Å². The van der Waals surface area contributed by atoms with Crippen molar-refractivity contribution < 1.29 is 0 Å². The molecule has 0 aromatic heterocycles. The van der Waals surface area contributed by atoms with E-state index in [1.54, 1.807) is 0 Å². The summed E-state index contributed by atoms with van der Waals surface area (Å²) >= 11 is 0. The Kier molecular flexibility index (Phi) is 8.05. The quantitative estimate of drug-likeness (QED) is 0.553. The van der Waals surface area contributed by atoms with Crippen molar-refractivity contribution in [2.45, 2.75) is 82.6 Å². The summed E-state index contributed by atoms with van der Waals surface area (Å²) < 4.78 is 0. The first-order valence-corrected chi connectivity index (χ1v) is 13.9. The van der Waals surface area contributed by atoms with Crippen molar-refractivity contribution in [3.63, 3.8) is 0 Å². The second-order valence-corrected chi connectivity index (χ2v) is 10.4. The van der Waals surface area contributed by atoms with Crippen LogP contribution in [0.2, 0.25) is 0 Å². The van der Waals surface area contributed by atoms with E-state index in [9.17, 15) is 0 Å². The number of nitrogens with one attached hydrogen (secondary N) is 2. The highest BCUT2D eigenvalue weighted by atomic mass is 15.3. The van der Waals surface area contributed by atoms with Crippen LogP contribution in [-0.4, -0.2) is 67.0 Å². The average molecular weight is 474 g/mol. The van der Waals surface area contributed by atoms with Crippen LogP contribution < -0.4 is 15.5 Å². The largest absolute Gasteiger partial charge is 0.377 e. The van der Waals surface area contributed by atoms with Crippen molar-refractivity contribution in [3.05, 3.63) is 60.7 Å². The highest BCUT2D eigenvalue weighted by Gasteiger charge is 2.47. The molecule has 2 aromatic carbocycles. The summed E-state index contributed by atoms with van der Waals surface area (Å²) in [7, 11) is 0. The molecule has 188 valence electrons. The standard InChI is InChI=1S/C30H43N5/c1-3-34(4-2)20-19-31-26-22-30-28(21-27(26)32-23-13-7-5-8-14-23)33-25-17-11-12-18-29(25)35(30)24-15-9-6-10-16-24/h5-10,13-16,25,27-30,32-33H,3-4,11-12,17-22H2,1-2H3. The van der Waals surface area contributed by atoms with Crippen LogP contribution in [0.5, 0.6) is 0 Å². The molecule has 5 nitrogen and oxygen atoms in total. The molecule has 2 aliphatic carbocycles. The van der Waals surface area contributed by atoms with E-state index in [1.165, 1.54) is 42.8 Å². The molecule has 35 heavy (non-hydrogen) atoms. The minimum atomic E-state index is 0.278. The number of benzene rings is 2. The van der Waals surface area contributed by atoms with Crippen LogP contribution in [0.15, 0.2) is 65.7 Å². The van der Waals surface area contributed by atoms with Crippen molar-refractivity contribution >= 4 is 17.1 Å². The van der Waals surface area contributed by atoms with Gasteiger partial charge in [0.15, 0.2) is 0 Å². The minimum Gasteiger partial charge on any atom is -0.377 e. The van der Waals surface area contributed by atoms with Crippen LogP contribution in [0.4, 0.5) is 11.4 Å². The Morgan fingerprint density at radius 2 is 1.63 bits per heavy atom. The van der Waals surface area contributed by atoms with Gasteiger partial charge in [0, 0.05) is 48.2 Å². The third-order valence-electron chi connectivity index (χ3n) is 8.44. The molecule has 3 aliphatic rings. The van der Waals surface area contributed by atoms with Crippen LogP contribution in [0.3, 0.4) is 0 Å². The van der Waals surface area contributed by atoms with Gasteiger partial charge in [-0.2, -0.15) is 0 Å². The number of anilines is 2. The van der Waals surface area contributed by atoms with Crippen LogP contribution in [0, 0.1) is 0 Å². The third kappa shape index (κ3) is 5.57. The Bertz CT molecular complexity index is 942. The van der Waals surface area contributed by atoms with Crippen LogP contribution in [-0.2, 0) is 0 Å². The number of fused-ring (bicyclic) bond motifs is 2. The Balaban J connectivity index is 1.43. The molecule has 2 saturated carbocycles. The molecule has 3 fully saturated rings. The van der Waals surface area contributed by atoms with Crippen LogP contribution in [0.25, 0.3) is 0 Å². The van der Waals surface area contributed by atoms with Gasteiger partial charge in [0.25, 0.3) is 0 Å². The molecule has 2 N–H and O–H groups in total. The number of nitrogens with zero attached hydrogens (tertiary/aromatic N) is 3. The van der Waals surface area contributed by atoms with Gasteiger partial charge in [0.2, 0.25) is 0 Å². The molecule has 1 heterocycles. The monoisotopic (exact) mass is 473 g/mol. The fraction of sp³-hybridized carbons (Fsp3) is 0.567. The topological polar surface area (TPSA) is 42.9 Å². The molecule has 5 atom stereocenters. The molecule has 0 amide bonds. The first kappa shape index (κ1) is 24.3. The van der Waals surface area contributed by atoms with Gasteiger partial charge < -0.3 is 20.4 Å². The van der Waals surface area contributed by atoms with E-state index in [1.807, 2.05) is 0 Å². The SMILES string of the molecule is CCN(CC)CCN=C1CC2C(CC1Nc1ccccc1)NC1CCCCC1N2c1ccccc1. The van der Waals surface area contributed by atoms with Gasteiger partial charge in [-0.15, -0.1) is 0 Å². The lowest BCUT2D eigenvalue weighted by molar-refractivity contribution is 0.193. The fourth-order valence-corrected chi connectivity index (χ4v) is 6.59. The molecular formula is C30H43N5. The zero-order chi connectivity index (χ0) is 24.0.